The molecule has 1 aromatic rings. The Morgan fingerprint density at radius 2 is 2.06 bits per heavy atom. The molecule has 0 aliphatic heterocycles. The first-order valence-corrected chi connectivity index (χ1v) is 6.63. The molecule has 1 atom stereocenters. The van der Waals surface area contributed by atoms with Crippen LogP contribution in [0, 0.1) is 5.92 Å². The average molecular weight is 254 g/mol. The Morgan fingerprint density at radius 1 is 1.28 bits per heavy atom. The molecule has 0 aliphatic rings. The Morgan fingerprint density at radius 3 is 2.72 bits per heavy atom. The first-order valence-electron chi connectivity index (χ1n) is 6.63. The van der Waals surface area contributed by atoms with Crippen LogP contribution in [0.4, 0.5) is 0 Å². The van der Waals surface area contributed by atoms with Gasteiger partial charge in [-0.05, 0) is 24.0 Å². The van der Waals surface area contributed by atoms with E-state index < -0.39 is 0 Å². The minimum absolute atomic E-state index is 0.119. The van der Waals surface area contributed by atoms with Crippen LogP contribution in [0.3, 0.4) is 0 Å². The van der Waals surface area contributed by atoms with Crippen LogP contribution in [0.2, 0.25) is 0 Å². The Hall–Kier alpha value is -0.840. The smallest absolute Gasteiger partial charge is 0.0645 e. The van der Waals surface area contributed by atoms with Crippen molar-refractivity contribution in [2.24, 2.45) is 11.7 Å². The zero-order chi connectivity index (χ0) is 13.4. The highest BCUT2D eigenvalue weighted by molar-refractivity contribution is 5.15. The number of hydrogen-bond acceptors (Lipinski definition) is 3. The van der Waals surface area contributed by atoms with E-state index in [0.29, 0.717) is 5.92 Å². The number of aromatic nitrogens is 1. The SMILES string of the molecule is COCCCOCCn1ccc(C(N)C(C)C)c1. The number of nitrogens with zero attached hydrogens (tertiary/aromatic N) is 1. The van der Waals surface area contributed by atoms with Gasteiger partial charge in [0.25, 0.3) is 0 Å². The van der Waals surface area contributed by atoms with Gasteiger partial charge in [0, 0.05) is 45.3 Å². The van der Waals surface area contributed by atoms with Crippen LogP contribution < -0.4 is 5.73 Å². The van der Waals surface area contributed by atoms with Crippen molar-refractivity contribution in [3.05, 3.63) is 24.0 Å². The van der Waals surface area contributed by atoms with Gasteiger partial charge >= 0.3 is 0 Å². The quantitative estimate of drug-likeness (QED) is 0.687. The average Bonchev–Trinajstić information content (AvgIpc) is 2.81. The Bertz CT molecular complexity index is 323. The summed E-state index contributed by atoms with van der Waals surface area (Å²) in [5, 5.41) is 0. The molecule has 0 aromatic carbocycles. The molecule has 0 aliphatic carbocycles. The number of methoxy groups -OCH3 is 1. The minimum Gasteiger partial charge on any atom is -0.385 e. The molecular weight excluding hydrogens is 228 g/mol. The summed E-state index contributed by atoms with van der Waals surface area (Å²) in [6, 6.07) is 2.21. The highest BCUT2D eigenvalue weighted by atomic mass is 16.5. The fourth-order valence-electron chi connectivity index (χ4n) is 1.76. The van der Waals surface area contributed by atoms with Gasteiger partial charge in [-0.1, -0.05) is 13.8 Å². The zero-order valence-corrected chi connectivity index (χ0v) is 11.8. The van der Waals surface area contributed by atoms with Gasteiger partial charge in [0.2, 0.25) is 0 Å². The van der Waals surface area contributed by atoms with E-state index in [1.54, 1.807) is 7.11 Å². The van der Waals surface area contributed by atoms with Crippen molar-refractivity contribution >= 4 is 0 Å². The maximum Gasteiger partial charge on any atom is 0.0645 e. The number of hydrogen-bond donors (Lipinski definition) is 1. The van der Waals surface area contributed by atoms with Crippen LogP contribution in [-0.4, -0.2) is 31.5 Å². The van der Waals surface area contributed by atoms with E-state index in [1.807, 2.05) is 0 Å². The lowest BCUT2D eigenvalue weighted by Crippen LogP contribution is -2.16. The fraction of sp³-hybridized carbons (Fsp3) is 0.714. The molecular formula is C14H26N2O2. The van der Waals surface area contributed by atoms with E-state index in [9.17, 15) is 0 Å². The third-order valence-electron chi connectivity index (χ3n) is 3.01. The van der Waals surface area contributed by atoms with Crippen molar-refractivity contribution in [3.8, 4) is 0 Å². The van der Waals surface area contributed by atoms with E-state index >= 15 is 0 Å². The second kappa shape index (κ2) is 8.29. The Balaban J connectivity index is 2.23. The predicted molar refractivity (Wildman–Crippen MR) is 73.5 cm³/mol. The molecule has 1 unspecified atom stereocenters. The lowest BCUT2D eigenvalue weighted by atomic mass is 10.00. The van der Waals surface area contributed by atoms with Gasteiger partial charge in [-0.2, -0.15) is 0 Å². The van der Waals surface area contributed by atoms with Crippen molar-refractivity contribution in [1.82, 2.24) is 4.57 Å². The maximum absolute atomic E-state index is 6.10. The first-order chi connectivity index (χ1) is 8.65. The number of nitrogens with two attached hydrogens (primary N) is 1. The van der Waals surface area contributed by atoms with Crippen molar-refractivity contribution < 1.29 is 9.47 Å². The molecule has 0 saturated heterocycles. The topological polar surface area (TPSA) is 49.4 Å². The lowest BCUT2D eigenvalue weighted by Gasteiger charge is -2.13. The molecule has 1 rings (SSSR count). The normalized spacial score (nSPS) is 13.2. The summed E-state index contributed by atoms with van der Waals surface area (Å²) in [5.41, 5.74) is 7.30. The van der Waals surface area contributed by atoms with Crippen LogP contribution in [0.15, 0.2) is 18.5 Å². The maximum atomic E-state index is 6.10. The van der Waals surface area contributed by atoms with E-state index in [2.05, 4.69) is 36.9 Å². The molecule has 0 amide bonds. The molecule has 1 heterocycles. The molecule has 0 fully saturated rings. The van der Waals surface area contributed by atoms with Crippen molar-refractivity contribution in [2.75, 3.05) is 26.9 Å². The Labute approximate surface area is 110 Å². The highest BCUT2D eigenvalue weighted by Gasteiger charge is 2.11. The van der Waals surface area contributed by atoms with Gasteiger partial charge in [0.05, 0.1) is 6.61 Å². The van der Waals surface area contributed by atoms with Gasteiger partial charge in [0.1, 0.15) is 0 Å². The molecule has 4 heteroatoms. The molecule has 18 heavy (non-hydrogen) atoms. The van der Waals surface area contributed by atoms with E-state index in [4.69, 9.17) is 15.2 Å². The molecule has 0 bridgehead atoms. The zero-order valence-electron chi connectivity index (χ0n) is 11.8. The van der Waals surface area contributed by atoms with Crippen LogP contribution >= 0.6 is 0 Å². The monoisotopic (exact) mass is 254 g/mol. The largest absolute Gasteiger partial charge is 0.385 e. The fourth-order valence-corrected chi connectivity index (χ4v) is 1.76. The second-order valence-electron chi connectivity index (χ2n) is 4.91. The summed E-state index contributed by atoms with van der Waals surface area (Å²) in [7, 11) is 1.71. The molecule has 0 saturated carbocycles. The van der Waals surface area contributed by atoms with Crippen molar-refractivity contribution in [1.29, 1.82) is 0 Å². The third kappa shape index (κ3) is 5.21. The summed E-state index contributed by atoms with van der Waals surface area (Å²) in [5.74, 6) is 0.464. The highest BCUT2D eigenvalue weighted by Crippen LogP contribution is 2.18. The van der Waals surface area contributed by atoms with Crippen LogP contribution in [0.25, 0.3) is 0 Å². The van der Waals surface area contributed by atoms with Gasteiger partial charge in [-0.25, -0.2) is 0 Å². The van der Waals surface area contributed by atoms with Crippen LogP contribution in [0.5, 0.6) is 0 Å². The minimum atomic E-state index is 0.119. The summed E-state index contributed by atoms with van der Waals surface area (Å²) < 4.78 is 12.6. The molecule has 0 radical (unpaired) electrons. The van der Waals surface area contributed by atoms with Crippen molar-refractivity contribution in [2.45, 2.75) is 32.9 Å². The van der Waals surface area contributed by atoms with Gasteiger partial charge in [0.15, 0.2) is 0 Å². The van der Waals surface area contributed by atoms with E-state index in [1.165, 1.54) is 5.56 Å². The summed E-state index contributed by atoms with van der Waals surface area (Å²) in [6.45, 7) is 7.40. The molecule has 1 aromatic heterocycles. The van der Waals surface area contributed by atoms with E-state index in [-0.39, 0.29) is 6.04 Å². The first kappa shape index (κ1) is 15.2. The predicted octanol–water partition coefficient (Wildman–Crippen LogP) is 2.20. The van der Waals surface area contributed by atoms with E-state index in [0.717, 1.165) is 32.8 Å². The summed E-state index contributed by atoms with van der Waals surface area (Å²) in [6.07, 6.45) is 5.13. The number of ether oxygens (including phenoxy) is 2. The second-order valence-corrected chi connectivity index (χ2v) is 4.91. The Kier molecular flexibility index (Phi) is 7.01. The summed E-state index contributed by atoms with van der Waals surface area (Å²) in [4.78, 5) is 0. The molecule has 2 N–H and O–H groups in total. The summed E-state index contributed by atoms with van der Waals surface area (Å²) >= 11 is 0. The third-order valence-corrected chi connectivity index (χ3v) is 3.01. The standard InChI is InChI=1S/C14H26N2O2/c1-12(2)14(15)13-5-6-16(11-13)7-10-18-9-4-8-17-3/h5-6,11-12,14H,4,7-10,15H2,1-3H3. The van der Waals surface area contributed by atoms with Gasteiger partial charge in [-0.3, -0.25) is 0 Å². The lowest BCUT2D eigenvalue weighted by molar-refractivity contribution is 0.0977. The molecule has 104 valence electrons. The molecule has 0 spiro atoms. The van der Waals surface area contributed by atoms with Crippen molar-refractivity contribution in [3.63, 3.8) is 0 Å². The van der Waals surface area contributed by atoms with Crippen LogP contribution in [-0.2, 0) is 16.0 Å². The molecule has 4 nitrogen and oxygen atoms in total. The van der Waals surface area contributed by atoms with Gasteiger partial charge in [-0.15, -0.1) is 0 Å². The van der Waals surface area contributed by atoms with Gasteiger partial charge < -0.3 is 19.8 Å². The number of rotatable bonds is 9. The van der Waals surface area contributed by atoms with Crippen LogP contribution in [0.1, 0.15) is 31.9 Å².